The van der Waals surface area contributed by atoms with Gasteiger partial charge in [0.2, 0.25) is 0 Å². The molecule has 6 nitrogen and oxygen atoms in total. The number of carboxylic acids is 1. The minimum absolute atomic E-state index is 0.210. The van der Waals surface area contributed by atoms with Gasteiger partial charge in [-0.15, -0.1) is 0 Å². The second-order valence-electron chi connectivity index (χ2n) is 5.60. The van der Waals surface area contributed by atoms with E-state index in [1.807, 2.05) is 0 Å². The molecule has 0 aliphatic carbocycles. The molecule has 0 atom stereocenters. The Morgan fingerprint density at radius 2 is 2.04 bits per heavy atom. The van der Waals surface area contributed by atoms with Gasteiger partial charge in [0, 0.05) is 7.05 Å². The molecular formula is C19H15FN2O4S. The second-order valence-corrected chi connectivity index (χ2v) is 6.61. The van der Waals surface area contributed by atoms with Crippen molar-refractivity contribution in [2.75, 3.05) is 13.7 Å². The normalized spacial score (nSPS) is 17.0. The number of carbonyl (C=O) groups excluding carboxylic acids is 1. The molecule has 1 saturated heterocycles. The Labute approximate surface area is 159 Å². The number of carbonyl (C=O) groups is 2. The van der Waals surface area contributed by atoms with Gasteiger partial charge in [0.05, 0.1) is 10.6 Å². The number of amidine groups is 1. The fourth-order valence-electron chi connectivity index (χ4n) is 2.27. The standard InChI is InChI=1S/C19H15FN2O4S/c1-22-18(25)16(27-19(22)21-14-7-5-13(20)6-8-14)10-12-3-2-4-15(9-12)26-11-17(23)24/h2-10H,11H2,1H3,(H,23,24)/b16-10+,21-19?. The monoisotopic (exact) mass is 386 g/mol. The van der Waals surface area contributed by atoms with Crippen LogP contribution in [0.5, 0.6) is 5.75 Å². The van der Waals surface area contributed by atoms with Gasteiger partial charge in [0.25, 0.3) is 5.91 Å². The van der Waals surface area contributed by atoms with Crippen molar-refractivity contribution < 1.29 is 23.8 Å². The summed E-state index contributed by atoms with van der Waals surface area (Å²) in [6.45, 7) is -0.440. The first-order chi connectivity index (χ1) is 12.9. The largest absolute Gasteiger partial charge is 0.482 e. The number of thioether (sulfide) groups is 1. The smallest absolute Gasteiger partial charge is 0.341 e. The molecule has 3 rings (SSSR count). The van der Waals surface area contributed by atoms with Crippen LogP contribution >= 0.6 is 11.8 Å². The number of nitrogens with zero attached hydrogens (tertiary/aromatic N) is 2. The summed E-state index contributed by atoms with van der Waals surface area (Å²) in [5.41, 5.74) is 1.24. The quantitative estimate of drug-likeness (QED) is 0.796. The molecule has 1 N–H and O–H groups in total. The van der Waals surface area contributed by atoms with Crippen LogP contribution in [0.15, 0.2) is 58.4 Å². The third kappa shape index (κ3) is 4.73. The number of hydrogen-bond acceptors (Lipinski definition) is 5. The number of ether oxygens (including phenoxy) is 1. The van der Waals surface area contributed by atoms with E-state index in [0.717, 1.165) is 0 Å². The Bertz CT molecular complexity index is 941. The van der Waals surface area contributed by atoms with Crippen molar-refractivity contribution >= 4 is 40.6 Å². The number of benzene rings is 2. The predicted molar refractivity (Wildman–Crippen MR) is 101 cm³/mol. The summed E-state index contributed by atoms with van der Waals surface area (Å²) in [6, 6.07) is 12.5. The van der Waals surface area contributed by atoms with E-state index in [9.17, 15) is 14.0 Å². The van der Waals surface area contributed by atoms with Gasteiger partial charge in [-0.3, -0.25) is 9.69 Å². The second kappa shape index (κ2) is 8.05. The summed E-state index contributed by atoms with van der Waals surface area (Å²) in [5.74, 6) is -1.23. The van der Waals surface area contributed by atoms with Crippen LogP contribution in [-0.4, -0.2) is 40.7 Å². The summed E-state index contributed by atoms with van der Waals surface area (Å²) in [6.07, 6.45) is 1.68. The molecule has 0 saturated carbocycles. The molecule has 1 fully saturated rings. The number of hydrogen-bond donors (Lipinski definition) is 1. The highest BCUT2D eigenvalue weighted by Crippen LogP contribution is 2.33. The molecule has 0 radical (unpaired) electrons. The van der Waals surface area contributed by atoms with Gasteiger partial charge in [-0.1, -0.05) is 12.1 Å². The molecule has 1 amide bonds. The van der Waals surface area contributed by atoms with E-state index in [2.05, 4.69) is 4.99 Å². The van der Waals surface area contributed by atoms with E-state index in [1.54, 1.807) is 37.4 Å². The lowest BCUT2D eigenvalue weighted by molar-refractivity contribution is -0.139. The van der Waals surface area contributed by atoms with Crippen molar-refractivity contribution in [3.05, 3.63) is 64.8 Å². The van der Waals surface area contributed by atoms with E-state index < -0.39 is 12.6 Å². The molecule has 1 aliphatic heterocycles. The number of carboxylic acid groups (broad SMARTS) is 1. The molecule has 0 unspecified atom stereocenters. The molecule has 1 aliphatic rings. The van der Waals surface area contributed by atoms with Gasteiger partial charge < -0.3 is 9.84 Å². The maximum atomic E-state index is 13.0. The van der Waals surface area contributed by atoms with E-state index in [4.69, 9.17) is 9.84 Å². The van der Waals surface area contributed by atoms with Crippen LogP contribution in [0.1, 0.15) is 5.56 Å². The van der Waals surface area contributed by atoms with Crippen molar-refractivity contribution in [1.29, 1.82) is 0 Å². The van der Waals surface area contributed by atoms with Crippen LogP contribution < -0.4 is 4.74 Å². The van der Waals surface area contributed by atoms with Crippen LogP contribution in [0, 0.1) is 5.82 Å². The Hall–Kier alpha value is -3.13. The zero-order valence-electron chi connectivity index (χ0n) is 14.3. The van der Waals surface area contributed by atoms with Crippen molar-refractivity contribution in [3.63, 3.8) is 0 Å². The first-order valence-electron chi connectivity index (χ1n) is 7.89. The molecule has 2 aromatic carbocycles. The van der Waals surface area contributed by atoms with Crippen LogP contribution in [0.2, 0.25) is 0 Å². The van der Waals surface area contributed by atoms with Gasteiger partial charge >= 0.3 is 5.97 Å². The SMILES string of the molecule is CN1C(=O)/C(=C\c2cccc(OCC(=O)O)c2)SC1=Nc1ccc(F)cc1. The zero-order chi connectivity index (χ0) is 19.4. The Morgan fingerprint density at radius 3 is 2.74 bits per heavy atom. The lowest BCUT2D eigenvalue weighted by Gasteiger charge is -2.07. The number of likely N-dealkylation sites (N-methyl/N-ethyl adjacent to an activating group) is 1. The van der Waals surface area contributed by atoms with Crippen LogP contribution in [0.25, 0.3) is 6.08 Å². The van der Waals surface area contributed by atoms with Crippen molar-refractivity contribution in [1.82, 2.24) is 4.90 Å². The summed E-state index contributed by atoms with van der Waals surface area (Å²) in [7, 11) is 1.62. The third-order valence-corrected chi connectivity index (χ3v) is 4.63. The lowest BCUT2D eigenvalue weighted by atomic mass is 10.2. The highest BCUT2D eigenvalue weighted by atomic mass is 32.2. The van der Waals surface area contributed by atoms with Gasteiger partial charge in [-0.2, -0.15) is 0 Å². The lowest BCUT2D eigenvalue weighted by Crippen LogP contribution is -2.23. The van der Waals surface area contributed by atoms with Crippen LogP contribution in [-0.2, 0) is 9.59 Å². The Balaban J connectivity index is 1.81. The first kappa shape index (κ1) is 18.7. The van der Waals surface area contributed by atoms with Crippen molar-refractivity contribution in [2.45, 2.75) is 0 Å². The minimum Gasteiger partial charge on any atom is -0.482 e. The number of aliphatic carboxylic acids is 1. The fourth-order valence-corrected chi connectivity index (χ4v) is 3.26. The molecule has 138 valence electrons. The molecule has 27 heavy (non-hydrogen) atoms. The Morgan fingerprint density at radius 1 is 1.30 bits per heavy atom. The molecule has 1 heterocycles. The average Bonchev–Trinajstić information content (AvgIpc) is 2.90. The van der Waals surface area contributed by atoms with E-state index in [0.29, 0.717) is 27.1 Å². The van der Waals surface area contributed by atoms with E-state index in [1.165, 1.54) is 40.9 Å². The molecule has 2 aromatic rings. The van der Waals surface area contributed by atoms with Crippen LogP contribution in [0.3, 0.4) is 0 Å². The third-order valence-electron chi connectivity index (χ3n) is 3.57. The highest BCUT2D eigenvalue weighted by Gasteiger charge is 2.30. The molecule has 8 heteroatoms. The fraction of sp³-hybridized carbons (Fsp3) is 0.105. The number of aliphatic imine (C=N–C) groups is 1. The summed E-state index contributed by atoms with van der Waals surface area (Å²) >= 11 is 1.20. The van der Waals surface area contributed by atoms with Gasteiger partial charge in [0.15, 0.2) is 11.8 Å². The maximum absolute atomic E-state index is 13.0. The number of rotatable bonds is 5. The van der Waals surface area contributed by atoms with Crippen LogP contribution in [0.4, 0.5) is 10.1 Å². The highest BCUT2D eigenvalue weighted by molar-refractivity contribution is 8.18. The zero-order valence-corrected chi connectivity index (χ0v) is 15.1. The van der Waals surface area contributed by atoms with Crippen molar-refractivity contribution in [3.8, 4) is 5.75 Å². The van der Waals surface area contributed by atoms with Gasteiger partial charge in [0.1, 0.15) is 11.6 Å². The first-order valence-corrected chi connectivity index (χ1v) is 8.70. The summed E-state index contributed by atoms with van der Waals surface area (Å²) in [5, 5.41) is 9.16. The van der Waals surface area contributed by atoms with E-state index in [-0.39, 0.29) is 11.7 Å². The molecule has 0 aromatic heterocycles. The maximum Gasteiger partial charge on any atom is 0.341 e. The molecule has 0 bridgehead atoms. The molecular weight excluding hydrogens is 371 g/mol. The van der Waals surface area contributed by atoms with Gasteiger partial charge in [-0.05, 0) is 59.8 Å². The predicted octanol–water partition coefficient (Wildman–Crippen LogP) is 3.52. The number of amides is 1. The summed E-state index contributed by atoms with van der Waals surface area (Å²) in [4.78, 5) is 29.3. The number of halogens is 1. The van der Waals surface area contributed by atoms with Gasteiger partial charge in [-0.25, -0.2) is 14.2 Å². The topological polar surface area (TPSA) is 79.2 Å². The molecule has 0 spiro atoms. The van der Waals surface area contributed by atoms with E-state index >= 15 is 0 Å². The Kier molecular flexibility index (Phi) is 5.56. The average molecular weight is 386 g/mol. The van der Waals surface area contributed by atoms with Crippen molar-refractivity contribution in [2.24, 2.45) is 4.99 Å². The minimum atomic E-state index is -1.07. The summed E-state index contributed by atoms with van der Waals surface area (Å²) < 4.78 is 18.1.